The highest BCUT2D eigenvalue weighted by molar-refractivity contribution is 6.02. The summed E-state index contributed by atoms with van der Waals surface area (Å²) in [7, 11) is 1.35. The molecule has 0 atom stereocenters. The number of rotatable bonds is 4. The zero-order chi connectivity index (χ0) is 17.3. The molecule has 0 saturated carbocycles. The SMILES string of the molecule is COc1cc([N+](=O)[O-])cc2c1N=C(c1cccc([N+](=O)[O-])c1)NO2. The average Bonchev–Trinajstić information content (AvgIpc) is 2.60. The molecule has 24 heavy (non-hydrogen) atoms. The van der Waals surface area contributed by atoms with Crippen LogP contribution in [0.2, 0.25) is 0 Å². The minimum Gasteiger partial charge on any atom is -0.494 e. The molecule has 1 aliphatic rings. The van der Waals surface area contributed by atoms with Crippen molar-refractivity contribution in [1.29, 1.82) is 0 Å². The second-order valence-corrected chi connectivity index (χ2v) is 4.72. The van der Waals surface area contributed by atoms with E-state index >= 15 is 0 Å². The highest BCUT2D eigenvalue weighted by atomic mass is 16.7. The van der Waals surface area contributed by atoms with Gasteiger partial charge in [-0.2, -0.15) is 0 Å². The molecule has 2 aromatic carbocycles. The third kappa shape index (κ3) is 2.67. The van der Waals surface area contributed by atoms with Gasteiger partial charge in [0.2, 0.25) is 0 Å². The van der Waals surface area contributed by atoms with E-state index in [4.69, 9.17) is 9.57 Å². The van der Waals surface area contributed by atoms with Crippen LogP contribution in [0.15, 0.2) is 41.4 Å². The van der Waals surface area contributed by atoms with Crippen molar-refractivity contribution in [3.05, 3.63) is 62.2 Å². The Morgan fingerprint density at radius 1 is 1.12 bits per heavy atom. The lowest BCUT2D eigenvalue weighted by Crippen LogP contribution is -2.30. The molecular weight excluding hydrogens is 320 g/mol. The third-order valence-corrected chi connectivity index (χ3v) is 3.27. The molecule has 1 aliphatic heterocycles. The highest BCUT2D eigenvalue weighted by Gasteiger charge is 2.24. The second kappa shape index (κ2) is 5.83. The molecule has 0 spiro atoms. The van der Waals surface area contributed by atoms with Gasteiger partial charge in [0.1, 0.15) is 0 Å². The van der Waals surface area contributed by atoms with Crippen LogP contribution in [-0.2, 0) is 0 Å². The Balaban J connectivity index is 2.08. The van der Waals surface area contributed by atoms with E-state index in [-0.39, 0.29) is 34.4 Å². The minimum absolute atomic E-state index is 0.0986. The molecule has 10 heteroatoms. The Bertz CT molecular complexity index is 880. The monoisotopic (exact) mass is 330 g/mol. The summed E-state index contributed by atoms with van der Waals surface area (Å²) in [5.41, 5.74) is 2.90. The zero-order valence-corrected chi connectivity index (χ0v) is 12.3. The van der Waals surface area contributed by atoms with Gasteiger partial charge in [-0.1, -0.05) is 12.1 Å². The summed E-state index contributed by atoms with van der Waals surface area (Å²) >= 11 is 0. The largest absolute Gasteiger partial charge is 0.494 e. The smallest absolute Gasteiger partial charge is 0.277 e. The van der Waals surface area contributed by atoms with E-state index in [9.17, 15) is 20.2 Å². The van der Waals surface area contributed by atoms with Gasteiger partial charge in [-0.3, -0.25) is 20.2 Å². The number of nitro groups is 2. The molecule has 122 valence electrons. The number of non-ortho nitro benzene ring substituents is 2. The Kier molecular flexibility index (Phi) is 3.70. The normalized spacial score (nSPS) is 12.3. The fourth-order valence-electron chi connectivity index (χ4n) is 2.15. The van der Waals surface area contributed by atoms with Gasteiger partial charge in [0.25, 0.3) is 11.4 Å². The molecule has 3 rings (SSSR count). The summed E-state index contributed by atoms with van der Waals surface area (Å²) in [4.78, 5) is 30.3. The van der Waals surface area contributed by atoms with Gasteiger partial charge in [0.15, 0.2) is 23.0 Å². The van der Waals surface area contributed by atoms with E-state index in [2.05, 4.69) is 10.5 Å². The van der Waals surface area contributed by atoms with E-state index in [1.165, 1.54) is 37.4 Å². The van der Waals surface area contributed by atoms with Gasteiger partial charge in [-0.15, -0.1) is 0 Å². The van der Waals surface area contributed by atoms with Gasteiger partial charge in [0, 0.05) is 17.7 Å². The fourth-order valence-corrected chi connectivity index (χ4v) is 2.15. The molecule has 0 aliphatic carbocycles. The van der Waals surface area contributed by atoms with Gasteiger partial charge in [-0.05, 0) is 0 Å². The van der Waals surface area contributed by atoms with Crippen molar-refractivity contribution in [2.24, 2.45) is 4.99 Å². The number of hydrogen-bond donors (Lipinski definition) is 1. The lowest BCUT2D eigenvalue weighted by Gasteiger charge is -2.19. The van der Waals surface area contributed by atoms with Crippen molar-refractivity contribution >= 4 is 22.9 Å². The fraction of sp³-hybridized carbons (Fsp3) is 0.0714. The second-order valence-electron chi connectivity index (χ2n) is 4.72. The summed E-state index contributed by atoms with van der Waals surface area (Å²) in [5, 5.41) is 21.8. The van der Waals surface area contributed by atoms with Gasteiger partial charge < -0.3 is 9.57 Å². The molecule has 0 saturated heterocycles. The molecule has 0 amide bonds. The van der Waals surface area contributed by atoms with Gasteiger partial charge >= 0.3 is 0 Å². The summed E-state index contributed by atoms with van der Waals surface area (Å²) in [6, 6.07) is 8.25. The van der Waals surface area contributed by atoms with Crippen LogP contribution in [0.25, 0.3) is 0 Å². The van der Waals surface area contributed by atoms with E-state index < -0.39 is 9.85 Å². The number of hydroxylamine groups is 1. The lowest BCUT2D eigenvalue weighted by molar-refractivity contribution is -0.385. The van der Waals surface area contributed by atoms with Crippen molar-refractivity contribution in [3.8, 4) is 11.5 Å². The van der Waals surface area contributed by atoms with Crippen LogP contribution in [0, 0.1) is 20.2 Å². The number of amidine groups is 1. The first kappa shape index (κ1) is 15.2. The van der Waals surface area contributed by atoms with E-state index in [0.29, 0.717) is 5.56 Å². The summed E-state index contributed by atoms with van der Waals surface area (Å²) in [5.74, 6) is 0.497. The summed E-state index contributed by atoms with van der Waals surface area (Å²) < 4.78 is 5.12. The Morgan fingerprint density at radius 2 is 1.88 bits per heavy atom. The first-order valence-corrected chi connectivity index (χ1v) is 6.62. The Labute approximate surface area is 134 Å². The van der Waals surface area contributed by atoms with Crippen LogP contribution in [0.1, 0.15) is 5.56 Å². The first-order chi connectivity index (χ1) is 11.5. The molecule has 0 unspecified atom stereocenters. The molecule has 0 fully saturated rings. The predicted molar refractivity (Wildman–Crippen MR) is 82.7 cm³/mol. The molecule has 0 aromatic heterocycles. The van der Waals surface area contributed by atoms with Crippen LogP contribution in [-0.4, -0.2) is 22.8 Å². The number of nitro benzene ring substituents is 2. The standard InChI is InChI=1S/C14H10N4O6/c1-23-11-6-10(18(21)22)7-12-13(11)15-14(16-24-12)8-3-2-4-9(5-8)17(19)20/h2-7H,1H3,(H,15,16). The first-order valence-electron chi connectivity index (χ1n) is 6.62. The lowest BCUT2D eigenvalue weighted by atomic mass is 10.1. The molecule has 10 nitrogen and oxygen atoms in total. The number of fused-ring (bicyclic) bond motifs is 1. The van der Waals surface area contributed by atoms with Crippen LogP contribution in [0.5, 0.6) is 11.5 Å². The van der Waals surface area contributed by atoms with Crippen molar-refractivity contribution in [1.82, 2.24) is 5.48 Å². The predicted octanol–water partition coefficient (Wildman–Crippen LogP) is 2.49. The number of nitrogens with one attached hydrogen (secondary N) is 1. The van der Waals surface area contributed by atoms with E-state index in [1.54, 1.807) is 6.07 Å². The number of hydrogen-bond acceptors (Lipinski definition) is 8. The third-order valence-electron chi connectivity index (χ3n) is 3.27. The summed E-state index contributed by atoms with van der Waals surface area (Å²) in [6.45, 7) is 0. The highest BCUT2D eigenvalue weighted by Crippen LogP contribution is 2.42. The topological polar surface area (TPSA) is 129 Å². The maximum atomic E-state index is 10.9. The number of ether oxygens (including phenoxy) is 1. The quantitative estimate of drug-likeness (QED) is 0.673. The molecule has 0 bridgehead atoms. The van der Waals surface area contributed by atoms with Crippen molar-refractivity contribution < 1.29 is 19.4 Å². The average molecular weight is 330 g/mol. The van der Waals surface area contributed by atoms with E-state index in [0.717, 1.165) is 0 Å². The number of aliphatic imine (C=N–C) groups is 1. The van der Waals surface area contributed by atoms with Crippen molar-refractivity contribution in [2.75, 3.05) is 7.11 Å². The van der Waals surface area contributed by atoms with Crippen LogP contribution >= 0.6 is 0 Å². The van der Waals surface area contributed by atoms with Crippen LogP contribution < -0.4 is 15.1 Å². The van der Waals surface area contributed by atoms with Crippen LogP contribution in [0.4, 0.5) is 17.1 Å². The van der Waals surface area contributed by atoms with Gasteiger partial charge in [-0.25, -0.2) is 10.5 Å². The number of methoxy groups -OCH3 is 1. The van der Waals surface area contributed by atoms with E-state index in [1.807, 2.05) is 0 Å². The minimum atomic E-state index is -0.577. The Hall–Kier alpha value is -3.69. The maximum absolute atomic E-state index is 10.9. The maximum Gasteiger partial charge on any atom is 0.277 e. The van der Waals surface area contributed by atoms with Gasteiger partial charge in [0.05, 0.1) is 29.1 Å². The molecule has 1 N–H and O–H groups in total. The summed E-state index contributed by atoms with van der Waals surface area (Å²) in [6.07, 6.45) is 0. The zero-order valence-electron chi connectivity index (χ0n) is 12.3. The van der Waals surface area contributed by atoms with Crippen molar-refractivity contribution in [2.45, 2.75) is 0 Å². The molecular formula is C14H10N4O6. The number of benzene rings is 2. The molecule has 0 radical (unpaired) electrons. The Morgan fingerprint density at radius 3 is 2.54 bits per heavy atom. The molecule has 2 aromatic rings. The van der Waals surface area contributed by atoms with Crippen LogP contribution in [0.3, 0.4) is 0 Å². The number of nitrogens with zero attached hydrogens (tertiary/aromatic N) is 3. The van der Waals surface area contributed by atoms with Crippen molar-refractivity contribution in [3.63, 3.8) is 0 Å². The molecule has 1 heterocycles.